The molecule has 13 heavy (non-hydrogen) atoms. The molecule has 1 heterocycles. The minimum Gasteiger partial charge on any atom is -0.384 e. The molecule has 0 aliphatic heterocycles. The minimum absolute atomic E-state index is 0.128. The lowest BCUT2D eigenvalue weighted by Crippen LogP contribution is -2.24. The monoisotopic (exact) mass is 181 g/mol. The first-order chi connectivity index (χ1) is 6.16. The van der Waals surface area contributed by atoms with Crippen LogP contribution in [0.15, 0.2) is 17.3 Å². The highest BCUT2D eigenvalue weighted by atomic mass is 16.3. The van der Waals surface area contributed by atoms with Crippen LogP contribution in [-0.2, 0) is 0 Å². The fraction of sp³-hybridized carbons (Fsp3) is 0.286. The lowest BCUT2D eigenvalue weighted by atomic mass is 10.1. The van der Waals surface area contributed by atoms with Gasteiger partial charge in [0.15, 0.2) is 6.10 Å². The number of nitrogens with one attached hydrogen (secondary N) is 1. The third-order valence-corrected chi connectivity index (χ3v) is 1.50. The van der Waals surface area contributed by atoms with E-state index in [1.165, 1.54) is 6.07 Å². The van der Waals surface area contributed by atoms with Crippen LogP contribution in [-0.4, -0.2) is 26.3 Å². The number of hydrogen-bond acceptors (Lipinski definition) is 5. The first-order valence-electron chi connectivity index (χ1n) is 3.45. The van der Waals surface area contributed by atoms with Gasteiger partial charge in [-0.3, -0.25) is 4.79 Å². The van der Waals surface area contributed by atoms with E-state index in [1.54, 1.807) is 0 Å². The average molecular weight is 181 g/mol. The molecule has 0 aromatic carbocycles. The van der Waals surface area contributed by atoms with Crippen molar-refractivity contribution >= 4 is 0 Å². The van der Waals surface area contributed by atoms with Crippen molar-refractivity contribution in [1.29, 1.82) is 5.26 Å². The number of rotatable bonds is 2. The van der Waals surface area contributed by atoms with Crippen LogP contribution >= 0.6 is 0 Å². The highest BCUT2D eigenvalue weighted by Gasteiger charge is 2.20. The second kappa shape index (κ2) is 3.80. The van der Waals surface area contributed by atoms with E-state index >= 15 is 0 Å². The predicted octanol–water partition coefficient (Wildman–Crippen LogP) is -1.31. The Morgan fingerprint density at radius 1 is 1.62 bits per heavy atom. The van der Waals surface area contributed by atoms with Gasteiger partial charge in [0.05, 0.1) is 18.0 Å². The van der Waals surface area contributed by atoms with E-state index in [1.807, 2.05) is 0 Å². The normalized spacial score (nSPS) is 14.5. The number of aromatic nitrogens is 2. The van der Waals surface area contributed by atoms with Gasteiger partial charge in [-0.05, 0) is 0 Å². The average Bonchev–Trinajstić information content (AvgIpc) is 2.16. The summed E-state index contributed by atoms with van der Waals surface area (Å²) in [5.41, 5.74) is -0.701. The maximum absolute atomic E-state index is 11.0. The summed E-state index contributed by atoms with van der Waals surface area (Å²) >= 11 is 0. The molecule has 0 fully saturated rings. The maximum atomic E-state index is 11.0. The molecule has 0 bridgehead atoms. The van der Waals surface area contributed by atoms with Crippen LogP contribution in [0.3, 0.4) is 0 Å². The fourth-order valence-corrected chi connectivity index (χ4v) is 0.807. The Kier molecular flexibility index (Phi) is 2.74. The summed E-state index contributed by atoms with van der Waals surface area (Å²) < 4.78 is 0. The van der Waals surface area contributed by atoms with Crippen LogP contribution in [0, 0.1) is 11.3 Å². The summed E-state index contributed by atoms with van der Waals surface area (Å²) in [6, 6.07) is 1.42. The number of hydrogen-bond donors (Lipinski definition) is 3. The fourth-order valence-electron chi connectivity index (χ4n) is 0.807. The number of aliphatic hydroxyl groups excluding tert-OH is 2. The topological polar surface area (TPSA) is 110 Å². The van der Waals surface area contributed by atoms with Crippen molar-refractivity contribution in [3.05, 3.63) is 28.4 Å². The van der Waals surface area contributed by atoms with Crippen molar-refractivity contribution < 1.29 is 10.2 Å². The zero-order chi connectivity index (χ0) is 9.84. The predicted molar refractivity (Wildman–Crippen MR) is 41.4 cm³/mol. The molecule has 0 saturated carbocycles. The van der Waals surface area contributed by atoms with Crippen molar-refractivity contribution in [1.82, 2.24) is 9.97 Å². The number of nitrogens with zero attached hydrogens (tertiary/aromatic N) is 2. The number of aliphatic hydroxyl groups is 2. The van der Waals surface area contributed by atoms with E-state index in [9.17, 15) is 9.90 Å². The summed E-state index contributed by atoms with van der Waals surface area (Å²) in [5, 5.41) is 26.4. The second-order valence-corrected chi connectivity index (χ2v) is 2.35. The van der Waals surface area contributed by atoms with Crippen molar-refractivity contribution in [2.75, 3.05) is 0 Å². The standard InChI is InChI=1S/C7H7N3O3/c8-1-5(11)6(12)4-2-9-3-10-7(4)13/h2-3,5-6,11-12H,(H,9,10,13). The SMILES string of the molecule is N#CC(O)C(O)c1cnc[nH]c1=O. The van der Waals surface area contributed by atoms with Gasteiger partial charge in [-0.1, -0.05) is 0 Å². The second-order valence-electron chi connectivity index (χ2n) is 2.35. The van der Waals surface area contributed by atoms with Gasteiger partial charge in [0.25, 0.3) is 5.56 Å². The van der Waals surface area contributed by atoms with Gasteiger partial charge >= 0.3 is 0 Å². The molecule has 1 aromatic rings. The van der Waals surface area contributed by atoms with E-state index in [4.69, 9.17) is 10.4 Å². The van der Waals surface area contributed by atoms with E-state index in [0.29, 0.717) is 0 Å². The minimum atomic E-state index is -1.62. The Morgan fingerprint density at radius 3 is 2.85 bits per heavy atom. The van der Waals surface area contributed by atoms with Gasteiger partial charge in [-0.25, -0.2) is 4.98 Å². The largest absolute Gasteiger partial charge is 0.384 e. The highest BCUT2D eigenvalue weighted by molar-refractivity contribution is 5.12. The lowest BCUT2D eigenvalue weighted by molar-refractivity contribution is 0.0515. The van der Waals surface area contributed by atoms with Crippen LogP contribution in [0.4, 0.5) is 0 Å². The zero-order valence-electron chi connectivity index (χ0n) is 6.51. The van der Waals surface area contributed by atoms with Gasteiger partial charge in [0.2, 0.25) is 0 Å². The van der Waals surface area contributed by atoms with Gasteiger partial charge in [-0.2, -0.15) is 5.26 Å². The Hall–Kier alpha value is -1.71. The molecule has 68 valence electrons. The molecule has 0 aliphatic carbocycles. The first-order valence-corrected chi connectivity index (χ1v) is 3.45. The van der Waals surface area contributed by atoms with Crippen molar-refractivity contribution in [3.8, 4) is 6.07 Å². The highest BCUT2D eigenvalue weighted by Crippen LogP contribution is 2.10. The summed E-state index contributed by atoms with van der Waals surface area (Å²) in [5.74, 6) is 0. The van der Waals surface area contributed by atoms with Crippen LogP contribution < -0.4 is 5.56 Å². The molecule has 0 radical (unpaired) electrons. The summed E-state index contributed by atoms with van der Waals surface area (Å²) in [7, 11) is 0. The van der Waals surface area contributed by atoms with E-state index in [0.717, 1.165) is 12.5 Å². The molecule has 0 saturated heterocycles. The molecular formula is C7H7N3O3. The molecule has 0 spiro atoms. The Labute approximate surface area is 73.1 Å². The summed E-state index contributed by atoms with van der Waals surface area (Å²) in [6.07, 6.45) is -0.894. The first kappa shape index (κ1) is 9.38. The molecule has 6 nitrogen and oxygen atoms in total. The molecular weight excluding hydrogens is 174 g/mol. The molecule has 0 amide bonds. The molecule has 2 unspecified atom stereocenters. The van der Waals surface area contributed by atoms with Gasteiger partial charge in [0.1, 0.15) is 6.10 Å². The lowest BCUT2D eigenvalue weighted by Gasteiger charge is -2.09. The van der Waals surface area contributed by atoms with Crippen LogP contribution in [0.2, 0.25) is 0 Å². The van der Waals surface area contributed by atoms with E-state index in [2.05, 4.69) is 9.97 Å². The van der Waals surface area contributed by atoms with Crippen LogP contribution in [0.25, 0.3) is 0 Å². The van der Waals surface area contributed by atoms with E-state index < -0.39 is 17.8 Å². The summed E-state index contributed by atoms with van der Waals surface area (Å²) in [4.78, 5) is 16.8. The maximum Gasteiger partial charge on any atom is 0.256 e. The summed E-state index contributed by atoms with van der Waals surface area (Å²) in [6.45, 7) is 0. The van der Waals surface area contributed by atoms with Gasteiger partial charge in [0, 0.05) is 6.20 Å². The Morgan fingerprint density at radius 2 is 2.31 bits per heavy atom. The molecule has 6 heteroatoms. The van der Waals surface area contributed by atoms with Gasteiger partial charge < -0.3 is 15.2 Å². The number of aromatic amines is 1. The van der Waals surface area contributed by atoms with Crippen molar-refractivity contribution in [3.63, 3.8) is 0 Å². The Balaban J connectivity index is 3.03. The molecule has 3 N–H and O–H groups in total. The van der Waals surface area contributed by atoms with Crippen LogP contribution in [0.5, 0.6) is 0 Å². The third-order valence-electron chi connectivity index (χ3n) is 1.50. The van der Waals surface area contributed by atoms with Crippen LogP contribution in [0.1, 0.15) is 11.7 Å². The van der Waals surface area contributed by atoms with Gasteiger partial charge in [-0.15, -0.1) is 0 Å². The Bertz CT molecular complexity index is 381. The van der Waals surface area contributed by atoms with E-state index in [-0.39, 0.29) is 5.56 Å². The van der Waals surface area contributed by atoms with Crippen molar-refractivity contribution in [2.24, 2.45) is 0 Å². The molecule has 0 aliphatic rings. The third kappa shape index (κ3) is 1.90. The van der Waals surface area contributed by atoms with Crippen molar-refractivity contribution in [2.45, 2.75) is 12.2 Å². The molecule has 1 aromatic heterocycles. The molecule has 1 rings (SSSR count). The number of nitriles is 1. The quantitative estimate of drug-likeness (QED) is 0.490. The smallest absolute Gasteiger partial charge is 0.256 e. The zero-order valence-corrected chi connectivity index (χ0v) is 6.51. The molecule has 2 atom stereocenters. The number of H-pyrrole nitrogens is 1.